The molecule has 9 nitrogen and oxygen atoms in total. The highest BCUT2D eigenvalue weighted by molar-refractivity contribution is 6.21. The topological polar surface area (TPSA) is 111 Å². The summed E-state index contributed by atoms with van der Waals surface area (Å²) in [6.45, 7) is 4.71. The summed E-state index contributed by atoms with van der Waals surface area (Å²) >= 11 is 0. The molecule has 138 valence electrons. The number of benzene rings is 1. The number of carbonyl (C=O) groups is 4. The Morgan fingerprint density at radius 3 is 2.08 bits per heavy atom. The number of carbonyl (C=O) groups excluding carboxylic acids is 4. The van der Waals surface area contributed by atoms with Crippen LogP contribution in [0.15, 0.2) is 24.3 Å². The van der Waals surface area contributed by atoms with E-state index in [1.807, 2.05) is 0 Å². The van der Waals surface area contributed by atoms with Gasteiger partial charge in [0, 0.05) is 0 Å². The minimum atomic E-state index is -1.52. The number of hydrogen-bond donors (Lipinski definition) is 1. The van der Waals surface area contributed by atoms with E-state index in [0.29, 0.717) is 5.06 Å². The van der Waals surface area contributed by atoms with Gasteiger partial charge in [-0.3, -0.25) is 9.59 Å². The molecule has 0 aromatic heterocycles. The summed E-state index contributed by atoms with van der Waals surface area (Å²) in [5.74, 6) is -2.47. The normalized spacial score (nSPS) is 18.0. The van der Waals surface area contributed by atoms with E-state index in [0.717, 1.165) is 0 Å². The lowest BCUT2D eigenvalue weighted by Crippen LogP contribution is -2.68. The first kappa shape index (κ1) is 17.9. The number of rotatable bonds is 3. The molecule has 1 N–H and O–H groups in total. The van der Waals surface area contributed by atoms with E-state index in [9.17, 15) is 19.2 Å². The molecular weight excluding hydrogens is 344 g/mol. The molecule has 0 saturated carbocycles. The van der Waals surface area contributed by atoms with Crippen molar-refractivity contribution in [2.45, 2.75) is 31.9 Å². The van der Waals surface area contributed by atoms with Gasteiger partial charge in [0.15, 0.2) is 5.54 Å². The molecule has 0 radical (unpaired) electrons. The Labute approximate surface area is 149 Å². The molecule has 1 fully saturated rings. The lowest BCUT2D eigenvalue weighted by molar-refractivity contribution is -0.194. The Hall–Kier alpha value is -2.94. The molecular formula is C17H18N2O7. The van der Waals surface area contributed by atoms with Gasteiger partial charge in [-0.05, 0) is 32.9 Å². The molecule has 0 unspecified atom stereocenters. The molecule has 3 rings (SSSR count). The third kappa shape index (κ3) is 3.13. The highest BCUT2D eigenvalue weighted by atomic mass is 16.7. The third-order valence-electron chi connectivity index (χ3n) is 3.76. The Balaban J connectivity index is 1.72. The monoisotopic (exact) mass is 362 g/mol. The SMILES string of the molecule is CC(C)(C)OC(=O)NC1(C(=O)ON2C(=O)c3ccccc3C2=O)COC1. The molecule has 0 spiro atoms. The van der Waals surface area contributed by atoms with Gasteiger partial charge in [0.25, 0.3) is 11.8 Å². The van der Waals surface area contributed by atoms with Crippen molar-refractivity contribution in [3.63, 3.8) is 0 Å². The zero-order valence-electron chi connectivity index (χ0n) is 14.5. The van der Waals surface area contributed by atoms with Crippen LogP contribution in [0.4, 0.5) is 4.79 Å². The maximum atomic E-state index is 12.5. The molecule has 2 aliphatic rings. The number of hydrogen-bond acceptors (Lipinski definition) is 7. The standard InChI is InChI=1S/C17H18N2O7/c1-16(2,3)25-15(23)18-17(8-24-9-17)14(22)26-19-12(20)10-6-4-5-7-11(10)13(19)21/h4-7H,8-9H2,1-3H3,(H,18,23). The first-order valence-electron chi connectivity index (χ1n) is 7.92. The van der Waals surface area contributed by atoms with Crippen LogP contribution in [0.3, 0.4) is 0 Å². The number of imide groups is 1. The summed E-state index contributed by atoms with van der Waals surface area (Å²) in [7, 11) is 0. The van der Waals surface area contributed by atoms with Gasteiger partial charge in [-0.25, -0.2) is 9.59 Å². The van der Waals surface area contributed by atoms with E-state index < -0.39 is 35.0 Å². The van der Waals surface area contributed by atoms with E-state index in [-0.39, 0.29) is 24.3 Å². The summed E-state index contributed by atoms with van der Waals surface area (Å²) in [5, 5.41) is 2.79. The number of fused-ring (bicyclic) bond motifs is 1. The molecule has 2 heterocycles. The van der Waals surface area contributed by atoms with Crippen LogP contribution >= 0.6 is 0 Å². The van der Waals surface area contributed by atoms with Crippen molar-refractivity contribution in [1.29, 1.82) is 0 Å². The lowest BCUT2D eigenvalue weighted by Gasteiger charge is -2.39. The summed E-state index contributed by atoms with van der Waals surface area (Å²) in [6, 6.07) is 6.12. The molecule has 1 aromatic carbocycles. The number of amides is 3. The molecule has 0 aliphatic carbocycles. The fourth-order valence-corrected chi connectivity index (χ4v) is 2.47. The minimum Gasteiger partial charge on any atom is -0.444 e. The number of hydroxylamine groups is 2. The van der Waals surface area contributed by atoms with Crippen molar-refractivity contribution < 1.29 is 33.5 Å². The van der Waals surface area contributed by atoms with Gasteiger partial charge in [0.05, 0.1) is 24.3 Å². The van der Waals surface area contributed by atoms with Crippen molar-refractivity contribution in [2.24, 2.45) is 0 Å². The summed E-state index contributed by atoms with van der Waals surface area (Å²) in [4.78, 5) is 54.0. The molecule has 1 aromatic rings. The maximum absolute atomic E-state index is 12.5. The Morgan fingerprint density at radius 2 is 1.65 bits per heavy atom. The fraction of sp³-hybridized carbons (Fsp3) is 0.412. The smallest absolute Gasteiger partial charge is 0.408 e. The van der Waals surface area contributed by atoms with Crippen LogP contribution in [-0.4, -0.2) is 53.3 Å². The van der Waals surface area contributed by atoms with Gasteiger partial charge in [-0.15, -0.1) is 0 Å². The van der Waals surface area contributed by atoms with Crippen molar-refractivity contribution in [2.75, 3.05) is 13.2 Å². The Kier molecular flexibility index (Phi) is 4.19. The molecule has 26 heavy (non-hydrogen) atoms. The number of alkyl carbamates (subject to hydrolysis) is 1. The van der Waals surface area contributed by atoms with Gasteiger partial charge in [-0.2, -0.15) is 0 Å². The largest absolute Gasteiger partial charge is 0.444 e. The molecule has 0 bridgehead atoms. The molecule has 0 atom stereocenters. The summed E-state index contributed by atoms with van der Waals surface area (Å²) in [6.07, 6.45) is -0.833. The Morgan fingerprint density at radius 1 is 1.12 bits per heavy atom. The zero-order chi connectivity index (χ0) is 19.1. The molecule has 1 saturated heterocycles. The van der Waals surface area contributed by atoms with Crippen LogP contribution in [0.5, 0.6) is 0 Å². The predicted molar refractivity (Wildman–Crippen MR) is 86.0 cm³/mol. The van der Waals surface area contributed by atoms with Crippen LogP contribution in [-0.2, 0) is 19.1 Å². The van der Waals surface area contributed by atoms with Crippen molar-refractivity contribution >= 4 is 23.9 Å². The zero-order valence-corrected chi connectivity index (χ0v) is 14.5. The first-order chi connectivity index (χ1) is 12.1. The predicted octanol–water partition coefficient (Wildman–Crippen LogP) is 1.03. The van der Waals surface area contributed by atoms with Gasteiger partial charge in [-0.1, -0.05) is 17.2 Å². The van der Waals surface area contributed by atoms with Crippen LogP contribution in [0.2, 0.25) is 0 Å². The average molecular weight is 362 g/mol. The fourth-order valence-electron chi connectivity index (χ4n) is 2.47. The second-order valence-corrected chi connectivity index (χ2v) is 7.03. The van der Waals surface area contributed by atoms with Crippen molar-refractivity contribution in [3.05, 3.63) is 35.4 Å². The van der Waals surface area contributed by atoms with E-state index in [4.69, 9.17) is 14.3 Å². The quantitative estimate of drug-likeness (QED) is 0.800. The number of nitrogens with zero attached hydrogens (tertiary/aromatic N) is 1. The van der Waals surface area contributed by atoms with Crippen LogP contribution < -0.4 is 5.32 Å². The summed E-state index contributed by atoms with van der Waals surface area (Å²) < 4.78 is 10.1. The second kappa shape index (κ2) is 6.10. The van der Waals surface area contributed by atoms with E-state index in [1.165, 1.54) is 12.1 Å². The molecule has 3 amide bonds. The highest BCUT2D eigenvalue weighted by Crippen LogP contribution is 2.26. The van der Waals surface area contributed by atoms with Gasteiger partial charge in [0.1, 0.15) is 5.60 Å². The first-order valence-corrected chi connectivity index (χ1v) is 7.92. The van der Waals surface area contributed by atoms with Gasteiger partial charge < -0.3 is 19.6 Å². The summed E-state index contributed by atoms with van der Waals surface area (Å²) in [5.41, 5.74) is -1.99. The van der Waals surface area contributed by atoms with E-state index >= 15 is 0 Å². The minimum absolute atomic E-state index is 0.143. The Bertz CT molecular complexity index is 758. The van der Waals surface area contributed by atoms with Crippen molar-refractivity contribution in [1.82, 2.24) is 10.4 Å². The highest BCUT2D eigenvalue weighted by Gasteiger charge is 2.52. The van der Waals surface area contributed by atoms with Crippen LogP contribution in [0, 0.1) is 0 Å². The van der Waals surface area contributed by atoms with Crippen LogP contribution in [0.1, 0.15) is 41.5 Å². The van der Waals surface area contributed by atoms with E-state index in [2.05, 4.69) is 5.32 Å². The number of nitrogens with one attached hydrogen (secondary N) is 1. The van der Waals surface area contributed by atoms with Gasteiger partial charge >= 0.3 is 12.1 Å². The number of ether oxygens (including phenoxy) is 2. The van der Waals surface area contributed by atoms with Crippen molar-refractivity contribution in [3.8, 4) is 0 Å². The lowest BCUT2D eigenvalue weighted by atomic mass is 9.98. The van der Waals surface area contributed by atoms with Crippen LogP contribution in [0.25, 0.3) is 0 Å². The van der Waals surface area contributed by atoms with Gasteiger partial charge in [0.2, 0.25) is 0 Å². The third-order valence-corrected chi connectivity index (χ3v) is 3.76. The average Bonchev–Trinajstić information content (AvgIpc) is 2.75. The maximum Gasteiger partial charge on any atom is 0.408 e. The molecule has 2 aliphatic heterocycles. The van der Waals surface area contributed by atoms with E-state index in [1.54, 1.807) is 32.9 Å². The molecule has 9 heteroatoms. The second-order valence-electron chi connectivity index (χ2n) is 7.03.